The van der Waals surface area contributed by atoms with Gasteiger partial charge in [-0.05, 0) is 63.4 Å². The van der Waals surface area contributed by atoms with E-state index in [1.54, 1.807) is 19.1 Å². The fourth-order valence-electron chi connectivity index (χ4n) is 3.70. The van der Waals surface area contributed by atoms with Crippen molar-refractivity contribution in [3.05, 3.63) is 72.5 Å². The number of carbonyl (C=O) groups is 3. The van der Waals surface area contributed by atoms with Crippen LogP contribution in [0.1, 0.15) is 27.7 Å². The van der Waals surface area contributed by atoms with Crippen LogP contribution in [-0.4, -0.2) is 45.0 Å². The van der Waals surface area contributed by atoms with Crippen LogP contribution in [0, 0.1) is 5.82 Å². The van der Waals surface area contributed by atoms with Gasteiger partial charge < -0.3 is 10.6 Å². The van der Waals surface area contributed by atoms with E-state index in [1.165, 1.54) is 29.2 Å². The molecule has 0 aromatic heterocycles. The minimum absolute atomic E-state index is 0.356. The van der Waals surface area contributed by atoms with Crippen molar-refractivity contribution in [2.75, 3.05) is 21.7 Å². The molecule has 9 heteroatoms. The summed E-state index contributed by atoms with van der Waals surface area (Å²) in [4.78, 5) is 40.2. The largest absolute Gasteiger partial charge is 0.350 e. The van der Waals surface area contributed by atoms with Crippen molar-refractivity contribution >= 4 is 50.7 Å². The number of halogens is 1. The molecule has 0 heterocycles. The molecule has 7 nitrogen and oxygen atoms in total. The van der Waals surface area contributed by atoms with Crippen LogP contribution >= 0.6 is 0 Å². The Hall–Kier alpha value is -3.59. The standard InChI is InChI=1S/C27H30FN3O4S/c1-18(26(34)30-27(2,3)4)31(23-11-7-9-19-8-5-6-10-22(19)23)25(33)17-36(35)16-24(32)29-21-14-12-20(28)13-15-21/h5-15,18H,16-17H2,1-4H3,(H,29,32)(H,30,34). The maximum atomic E-state index is 13.5. The molecule has 0 fully saturated rings. The average Bonchev–Trinajstić information content (AvgIpc) is 2.79. The average molecular weight is 512 g/mol. The van der Waals surface area contributed by atoms with Gasteiger partial charge in [-0.3, -0.25) is 23.5 Å². The molecular weight excluding hydrogens is 481 g/mol. The van der Waals surface area contributed by atoms with E-state index < -0.39 is 51.5 Å². The smallest absolute Gasteiger partial charge is 0.243 e. The van der Waals surface area contributed by atoms with Crippen LogP contribution in [0.3, 0.4) is 0 Å². The number of carbonyl (C=O) groups excluding carboxylic acids is 3. The summed E-state index contributed by atoms with van der Waals surface area (Å²) in [6.07, 6.45) is 0. The van der Waals surface area contributed by atoms with Gasteiger partial charge in [0.1, 0.15) is 23.4 Å². The van der Waals surface area contributed by atoms with E-state index in [9.17, 15) is 23.0 Å². The first-order chi connectivity index (χ1) is 16.9. The maximum Gasteiger partial charge on any atom is 0.243 e. The Labute approximate surface area is 212 Å². The van der Waals surface area contributed by atoms with Gasteiger partial charge in [0.15, 0.2) is 0 Å². The zero-order valence-corrected chi connectivity index (χ0v) is 21.5. The predicted octanol–water partition coefficient (Wildman–Crippen LogP) is 4.00. The number of hydrogen-bond donors (Lipinski definition) is 2. The molecule has 2 N–H and O–H groups in total. The van der Waals surface area contributed by atoms with Gasteiger partial charge in [-0.15, -0.1) is 0 Å². The Morgan fingerprint density at radius 2 is 1.58 bits per heavy atom. The second-order valence-electron chi connectivity index (χ2n) is 9.46. The third-order valence-corrected chi connectivity index (χ3v) is 6.42. The molecule has 0 saturated heterocycles. The lowest BCUT2D eigenvalue weighted by atomic mass is 10.1. The summed E-state index contributed by atoms with van der Waals surface area (Å²) in [7, 11) is -1.84. The number of anilines is 2. The van der Waals surface area contributed by atoms with Crippen LogP contribution in [0.4, 0.5) is 15.8 Å². The molecule has 0 aliphatic rings. The normalized spacial score (nSPS) is 13.0. The summed E-state index contributed by atoms with van der Waals surface area (Å²) < 4.78 is 25.8. The number of benzene rings is 3. The van der Waals surface area contributed by atoms with E-state index in [-0.39, 0.29) is 5.91 Å². The van der Waals surface area contributed by atoms with Gasteiger partial charge in [0.25, 0.3) is 0 Å². The molecule has 3 rings (SSSR count). The van der Waals surface area contributed by atoms with Gasteiger partial charge in [-0.25, -0.2) is 4.39 Å². The molecule has 0 aliphatic heterocycles. The fraction of sp³-hybridized carbons (Fsp3) is 0.296. The van der Waals surface area contributed by atoms with Gasteiger partial charge in [-0.2, -0.15) is 0 Å². The number of rotatable bonds is 8. The van der Waals surface area contributed by atoms with Crippen LogP contribution in [0.2, 0.25) is 0 Å². The molecule has 190 valence electrons. The summed E-state index contributed by atoms with van der Waals surface area (Å²) in [5.74, 6) is -2.79. The third-order valence-electron chi connectivity index (χ3n) is 5.26. The molecule has 0 bridgehead atoms. The fourth-order valence-corrected chi connectivity index (χ4v) is 4.58. The molecule has 3 aromatic carbocycles. The highest BCUT2D eigenvalue weighted by atomic mass is 32.2. The number of nitrogens with one attached hydrogen (secondary N) is 2. The molecule has 0 spiro atoms. The van der Waals surface area contributed by atoms with E-state index in [0.717, 1.165) is 10.8 Å². The molecule has 3 amide bonds. The molecule has 2 unspecified atom stereocenters. The first-order valence-electron chi connectivity index (χ1n) is 11.5. The Kier molecular flexibility index (Phi) is 8.57. The quantitative estimate of drug-likeness (QED) is 0.478. The van der Waals surface area contributed by atoms with Crippen LogP contribution < -0.4 is 15.5 Å². The number of amides is 3. The minimum Gasteiger partial charge on any atom is -0.350 e. The van der Waals surface area contributed by atoms with E-state index in [4.69, 9.17) is 0 Å². The Bertz CT molecular complexity index is 1280. The Morgan fingerprint density at radius 1 is 0.944 bits per heavy atom. The minimum atomic E-state index is -1.84. The highest BCUT2D eigenvalue weighted by Crippen LogP contribution is 2.29. The molecule has 0 aliphatic carbocycles. The van der Waals surface area contributed by atoms with Crippen molar-refractivity contribution in [2.24, 2.45) is 0 Å². The maximum absolute atomic E-state index is 13.5. The van der Waals surface area contributed by atoms with Crippen molar-refractivity contribution in [3.8, 4) is 0 Å². The highest BCUT2D eigenvalue weighted by molar-refractivity contribution is 7.86. The Morgan fingerprint density at radius 3 is 2.25 bits per heavy atom. The lowest BCUT2D eigenvalue weighted by molar-refractivity contribution is -0.126. The summed E-state index contributed by atoms with van der Waals surface area (Å²) in [5, 5.41) is 7.08. The zero-order chi connectivity index (χ0) is 26.5. The van der Waals surface area contributed by atoms with Crippen molar-refractivity contribution in [3.63, 3.8) is 0 Å². The summed E-state index contributed by atoms with van der Waals surface area (Å²) >= 11 is 0. The van der Waals surface area contributed by atoms with Crippen molar-refractivity contribution in [1.82, 2.24) is 5.32 Å². The van der Waals surface area contributed by atoms with Crippen molar-refractivity contribution in [1.29, 1.82) is 0 Å². The topological polar surface area (TPSA) is 95.6 Å². The SMILES string of the molecule is CC(C(=O)NC(C)(C)C)N(C(=O)CS(=O)CC(=O)Nc1ccc(F)cc1)c1cccc2ccccc12. The van der Waals surface area contributed by atoms with Gasteiger partial charge in [0.05, 0.1) is 5.69 Å². The van der Waals surface area contributed by atoms with Gasteiger partial charge >= 0.3 is 0 Å². The molecular formula is C27H30FN3O4S. The van der Waals surface area contributed by atoms with E-state index >= 15 is 0 Å². The summed E-state index contributed by atoms with van der Waals surface area (Å²) in [6, 6.07) is 17.2. The molecule has 3 aromatic rings. The molecule has 0 radical (unpaired) electrons. The summed E-state index contributed by atoms with van der Waals surface area (Å²) in [5.41, 5.74) is 0.358. The number of hydrogen-bond acceptors (Lipinski definition) is 4. The van der Waals surface area contributed by atoms with Crippen molar-refractivity contribution in [2.45, 2.75) is 39.3 Å². The predicted molar refractivity (Wildman–Crippen MR) is 142 cm³/mol. The van der Waals surface area contributed by atoms with Crippen molar-refractivity contribution < 1.29 is 23.0 Å². The third kappa shape index (κ3) is 7.21. The second-order valence-corrected chi connectivity index (χ2v) is 10.9. The van der Waals surface area contributed by atoms with Gasteiger partial charge in [-0.1, -0.05) is 36.4 Å². The summed E-state index contributed by atoms with van der Waals surface area (Å²) in [6.45, 7) is 7.15. The monoisotopic (exact) mass is 511 g/mol. The molecule has 2 atom stereocenters. The first-order valence-corrected chi connectivity index (χ1v) is 13.0. The lowest BCUT2D eigenvalue weighted by Crippen LogP contribution is -2.53. The zero-order valence-electron chi connectivity index (χ0n) is 20.7. The van der Waals surface area contributed by atoms with E-state index in [2.05, 4.69) is 10.6 Å². The molecule has 36 heavy (non-hydrogen) atoms. The van der Waals surface area contributed by atoms with Crippen LogP contribution in [-0.2, 0) is 25.2 Å². The van der Waals surface area contributed by atoms with Crippen LogP contribution in [0.15, 0.2) is 66.7 Å². The first kappa shape index (κ1) is 27.0. The number of nitrogens with zero attached hydrogens (tertiary/aromatic N) is 1. The van der Waals surface area contributed by atoms with Crippen LogP contribution in [0.25, 0.3) is 10.8 Å². The van der Waals surface area contributed by atoms with Gasteiger partial charge in [0, 0.05) is 27.4 Å². The Balaban J connectivity index is 1.82. The van der Waals surface area contributed by atoms with Gasteiger partial charge in [0.2, 0.25) is 17.7 Å². The lowest BCUT2D eigenvalue weighted by Gasteiger charge is -2.32. The second kappa shape index (κ2) is 11.4. The van der Waals surface area contributed by atoms with Crippen LogP contribution in [0.5, 0.6) is 0 Å². The molecule has 0 saturated carbocycles. The highest BCUT2D eigenvalue weighted by Gasteiger charge is 2.31. The van der Waals surface area contributed by atoms with E-state index in [0.29, 0.717) is 11.4 Å². The van der Waals surface area contributed by atoms with E-state index in [1.807, 2.05) is 51.1 Å². The number of fused-ring (bicyclic) bond motifs is 1.